The summed E-state index contributed by atoms with van der Waals surface area (Å²) in [6, 6.07) is 26.5. The van der Waals surface area contributed by atoms with Crippen molar-refractivity contribution >= 4 is 0 Å². The van der Waals surface area contributed by atoms with Crippen LogP contribution in [0.2, 0.25) is 0 Å². The molecule has 2 N–H and O–H groups in total. The monoisotopic (exact) mass is 347 g/mol. The van der Waals surface area contributed by atoms with E-state index in [1.165, 1.54) is 5.56 Å². The molecule has 0 aliphatic rings. The highest BCUT2D eigenvalue weighted by atomic mass is 16.5. The molecule has 0 aliphatic carbocycles. The predicted molar refractivity (Wildman–Crippen MR) is 105 cm³/mol. The lowest BCUT2D eigenvalue weighted by molar-refractivity contribution is 0.255. The lowest BCUT2D eigenvalue weighted by atomic mass is 10.1. The van der Waals surface area contributed by atoms with Crippen LogP contribution in [-0.2, 0) is 19.6 Å². The minimum Gasteiger partial charge on any atom is -0.485 e. The van der Waals surface area contributed by atoms with E-state index in [0.29, 0.717) is 19.8 Å². The molecule has 0 amide bonds. The van der Waals surface area contributed by atoms with Crippen LogP contribution in [0.15, 0.2) is 78.9 Å². The standard InChI is InChI=1S/C23H25NO2/c24-15-7-12-19-13-14-22(25-17-20-8-3-1-4-9-20)23(16-19)26-18-21-10-5-2-6-11-21/h1-6,8-11,13-14,16H,7,12,15,17-18,24H2. The summed E-state index contributed by atoms with van der Waals surface area (Å²) in [6.45, 7) is 1.72. The maximum atomic E-state index is 6.08. The lowest BCUT2D eigenvalue weighted by Gasteiger charge is -2.14. The molecular formula is C23H25NO2. The van der Waals surface area contributed by atoms with Gasteiger partial charge in [-0.2, -0.15) is 0 Å². The Hall–Kier alpha value is -2.78. The highest BCUT2D eigenvalue weighted by Crippen LogP contribution is 2.30. The summed E-state index contributed by atoms with van der Waals surface area (Å²) in [5.74, 6) is 1.54. The van der Waals surface area contributed by atoms with Gasteiger partial charge >= 0.3 is 0 Å². The van der Waals surface area contributed by atoms with Crippen LogP contribution in [0.3, 0.4) is 0 Å². The Morgan fingerprint density at radius 1 is 0.615 bits per heavy atom. The van der Waals surface area contributed by atoms with E-state index in [-0.39, 0.29) is 0 Å². The van der Waals surface area contributed by atoms with Gasteiger partial charge < -0.3 is 15.2 Å². The molecule has 0 saturated carbocycles. The van der Waals surface area contributed by atoms with Crippen molar-refractivity contribution < 1.29 is 9.47 Å². The summed E-state index contributed by atoms with van der Waals surface area (Å²) >= 11 is 0. The first kappa shape index (κ1) is 18.0. The fourth-order valence-electron chi connectivity index (χ4n) is 2.72. The van der Waals surface area contributed by atoms with Gasteiger partial charge in [-0.3, -0.25) is 0 Å². The van der Waals surface area contributed by atoms with Crippen LogP contribution in [0.5, 0.6) is 11.5 Å². The van der Waals surface area contributed by atoms with Crippen molar-refractivity contribution in [2.24, 2.45) is 5.73 Å². The van der Waals surface area contributed by atoms with Crippen LogP contribution >= 0.6 is 0 Å². The third-order valence-corrected chi connectivity index (χ3v) is 4.15. The summed E-state index contributed by atoms with van der Waals surface area (Å²) < 4.78 is 12.1. The van der Waals surface area contributed by atoms with Crippen LogP contribution in [0.25, 0.3) is 0 Å². The second-order valence-corrected chi connectivity index (χ2v) is 6.22. The van der Waals surface area contributed by atoms with E-state index in [0.717, 1.165) is 35.5 Å². The topological polar surface area (TPSA) is 44.5 Å². The van der Waals surface area contributed by atoms with Crippen molar-refractivity contribution in [2.75, 3.05) is 6.54 Å². The normalized spacial score (nSPS) is 10.5. The van der Waals surface area contributed by atoms with Crippen molar-refractivity contribution in [3.8, 4) is 11.5 Å². The van der Waals surface area contributed by atoms with Crippen LogP contribution < -0.4 is 15.2 Å². The average molecular weight is 347 g/mol. The van der Waals surface area contributed by atoms with E-state index in [9.17, 15) is 0 Å². The maximum absolute atomic E-state index is 6.08. The Labute approximate surface area is 155 Å². The van der Waals surface area contributed by atoms with Gasteiger partial charge in [-0.25, -0.2) is 0 Å². The second-order valence-electron chi connectivity index (χ2n) is 6.22. The fraction of sp³-hybridized carbons (Fsp3) is 0.217. The number of hydrogen-bond acceptors (Lipinski definition) is 3. The molecule has 0 atom stereocenters. The third kappa shape index (κ3) is 5.36. The van der Waals surface area contributed by atoms with Crippen molar-refractivity contribution in [3.63, 3.8) is 0 Å². The van der Waals surface area contributed by atoms with Crippen molar-refractivity contribution in [1.29, 1.82) is 0 Å². The number of ether oxygens (including phenoxy) is 2. The smallest absolute Gasteiger partial charge is 0.161 e. The van der Waals surface area contributed by atoms with E-state index >= 15 is 0 Å². The Kier molecular flexibility index (Phi) is 6.68. The molecule has 3 aromatic carbocycles. The molecule has 0 heterocycles. The largest absolute Gasteiger partial charge is 0.485 e. The van der Waals surface area contributed by atoms with Gasteiger partial charge in [0.15, 0.2) is 11.5 Å². The number of benzene rings is 3. The van der Waals surface area contributed by atoms with Gasteiger partial charge in [0.25, 0.3) is 0 Å². The number of hydrogen-bond donors (Lipinski definition) is 1. The molecule has 0 bridgehead atoms. The Bertz CT molecular complexity index is 788. The van der Waals surface area contributed by atoms with Crippen molar-refractivity contribution in [3.05, 3.63) is 95.6 Å². The van der Waals surface area contributed by atoms with E-state index in [1.807, 2.05) is 42.5 Å². The molecule has 26 heavy (non-hydrogen) atoms. The van der Waals surface area contributed by atoms with Crippen LogP contribution in [0.1, 0.15) is 23.1 Å². The molecule has 0 aromatic heterocycles. The first-order valence-corrected chi connectivity index (χ1v) is 9.01. The van der Waals surface area contributed by atoms with E-state index in [1.54, 1.807) is 0 Å². The fourth-order valence-corrected chi connectivity index (χ4v) is 2.72. The minimum atomic E-state index is 0.517. The zero-order valence-electron chi connectivity index (χ0n) is 14.9. The molecular weight excluding hydrogens is 322 g/mol. The molecule has 134 valence electrons. The van der Waals surface area contributed by atoms with Crippen molar-refractivity contribution in [1.82, 2.24) is 0 Å². The molecule has 0 saturated heterocycles. The van der Waals surface area contributed by atoms with Gasteiger partial charge in [-0.05, 0) is 48.2 Å². The molecule has 3 heteroatoms. The summed E-state index contributed by atoms with van der Waals surface area (Å²) in [7, 11) is 0. The molecule has 3 aromatic rings. The van der Waals surface area contributed by atoms with Crippen LogP contribution in [-0.4, -0.2) is 6.54 Å². The molecule has 0 spiro atoms. The quantitative estimate of drug-likeness (QED) is 0.608. The number of aryl methyl sites for hydroxylation is 1. The van der Waals surface area contributed by atoms with Gasteiger partial charge in [0.05, 0.1) is 0 Å². The van der Waals surface area contributed by atoms with Gasteiger partial charge in [0.1, 0.15) is 13.2 Å². The van der Waals surface area contributed by atoms with Gasteiger partial charge in [-0.1, -0.05) is 66.7 Å². The second kappa shape index (κ2) is 9.64. The van der Waals surface area contributed by atoms with Crippen LogP contribution in [0.4, 0.5) is 0 Å². The summed E-state index contributed by atoms with van der Waals surface area (Å²) in [5.41, 5.74) is 9.11. The Morgan fingerprint density at radius 3 is 1.77 bits per heavy atom. The zero-order chi connectivity index (χ0) is 18.0. The minimum absolute atomic E-state index is 0.517. The average Bonchev–Trinajstić information content (AvgIpc) is 2.71. The van der Waals surface area contributed by atoms with Gasteiger partial charge in [0.2, 0.25) is 0 Å². The molecule has 0 unspecified atom stereocenters. The van der Waals surface area contributed by atoms with E-state index in [2.05, 4.69) is 36.4 Å². The SMILES string of the molecule is NCCCc1ccc(OCc2ccccc2)c(OCc2ccccc2)c1. The van der Waals surface area contributed by atoms with E-state index in [4.69, 9.17) is 15.2 Å². The van der Waals surface area contributed by atoms with E-state index < -0.39 is 0 Å². The molecule has 0 fully saturated rings. The first-order valence-electron chi connectivity index (χ1n) is 9.01. The van der Waals surface area contributed by atoms with Gasteiger partial charge in [-0.15, -0.1) is 0 Å². The predicted octanol–water partition coefficient (Wildman–Crippen LogP) is 4.74. The summed E-state index contributed by atoms with van der Waals surface area (Å²) in [6.07, 6.45) is 1.90. The first-order chi connectivity index (χ1) is 12.8. The highest BCUT2D eigenvalue weighted by Gasteiger charge is 2.08. The summed E-state index contributed by atoms with van der Waals surface area (Å²) in [5, 5.41) is 0. The Balaban J connectivity index is 1.73. The zero-order valence-corrected chi connectivity index (χ0v) is 14.9. The molecule has 0 aliphatic heterocycles. The number of rotatable bonds is 9. The number of nitrogens with two attached hydrogens (primary N) is 1. The third-order valence-electron chi connectivity index (χ3n) is 4.15. The Morgan fingerprint density at radius 2 is 1.19 bits per heavy atom. The molecule has 3 nitrogen and oxygen atoms in total. The molecule has 0 radical (unpaired) electrons. The highest BCUT2D eigenvalue weighted by molar-refractivity contribution is 5.43. The lowest BCUT2D eigenvalue weighted by Crippen LogP contribution is -2.03. The van der Waals surface area contributed by atoms with Crippen molar-refractivity contribution in [2.45, 2.75) is 26.1 Å². The maximum Gasteiger partial charge on any atom is 0.161 e. The van der Waals surface area contributed by atoms with Gasteiger partial charge in [0, 0.05) is 0 Å². The van der Waals surface area contributed by atoms with Crippen LogP contribution in [0, 0.1) is 0 Å². The molecule has 3 rings (SSSR count). The summed E-state index contributed by atoms with van der Waals surface area (Å²) in [4.78, 5) is 0.